The average molecular weight is 385 g/mol. The van der Waals surface area contributed by atoms with Crippen LogP contribution in [0.1, 0.15) is 43.0 Å². The number of alkyl halides is 1. The van der Waals surface area contributed by atoms with Gasteiger partial charge in [0, 0.05) is 11.1 Å². The van der Waals surface area contributed by atoms with Crippen molar-refractivity contribution < 1.29 is 9.59 Å². The lowest BCUT2D eigenvalue weighted by atomic mass is 9.80. The van der Waals surface area contributed by atoms with Gasteiger partial charge in [-0.05, 0) is 35.1 Å². The third-order valence-corrected chi connectivity index (χ3v) is 7.59. The van der Waals surface area contributed by atoms with E-state index in [-0.39, 0.29) is 11.6 Å². The zero-order valence-corrected chi connectivity index (χ0v) is 15.9. The van der Waals surface area contributed by atoms with E-state index in [2.05, 4.69) is 24.3 Å². The predicted octanol–water partition coefficient (Wildman–Crippen LogP) is 4.76. The molecule has 3 heteroatoms. The van der Waals surface area contributed by atoms with Crippen LogP contribution in [0.15, 0.2) is 72.8 Å². The molecule has 0 unspecified atom stereocenters. The Morgan fingerprint density at radius 1 is 0.714 bits per heavy atom. The smallest absolute Gasteiger partial charge is 0.186 e. The molecule has 0 amide bonds. The maximum Gasteiger partial charge on any atom is 0.186 e. The largest absolute Gasteiger partial charge is 0.294 e. The first-order valence-corrected chi connectivity index (χ1v) is 10.0. The van der Waals surface area contributed by atoms with Crippen LogP contribution in [0.4, 0.5) is 0 Å². The molecule has 28 heavy (non-hydrogen) atoms. The number of carbonyl (C=O) groups is 2. The van der Waals surface area contributed by atoms with Crippen molar-refractivity contribution in [3.63, 3.8) is 0 Å². The molecule has 2 nitrogen and oxygen atoms in total. The molecule has 136 valence electrons. The summed E-state index contributed by atoms with van der Waals surface area (Å²) >= 11 is 7.21. The Bertz CT molecular complexity index is 1150. The Balaban J connectivity index is 1.72. The minimum atomic E-state index is -1.25. The highest BCUT2D eigenvalue weighted by Gasteiger charge is 2.85. The fourth-order valence-electron chi connectivity index (χ4n) is 5.74. The van der Waals surface area contributed by atoms with Crippen LogP contribution < -0.4 is 0 Å². The van der Waals surface area contributed by atoms with E-state index in [0.717, 1.165) is 24.0 Å². The summed E-state index contributed by atoms with van der Waals surface area (Å²) in [7, 11) is 0. The van der Waals surface area contributed by atoms with Crippen LogP contribution >= 0.6 is 11.6 Å². The van der Waals surface area contributed by atoms with E-state index in [4.69, 9.17) is 11.6 Å². The molecule has 0 aliphatic heterocycles. The number of fused-ring (bicyclic) bond motifs is 8. The third-order valence-electron chi connectivity index (χ3n) is 6.90. The first-order chi connectivity index (χ1) is 13.6. The van der Waals surface area contributed by atoms with Gasteiger partial charge in [-0.3, -0.25) is 9.59 Å². The van der Waals surface area contributed by atoms with Gasteiger partial charge >= 0.3 is 0 Å². The zero-order chi connectivity index (χ0) is 19.1. The van der Waals surface area contributed by atoms with Crippen molar-refractivity contribution in [3.05, 3.63) is 106 Å². The lowest BCUT2D eigenvalue weighted by Gasteiger charge is -2.23. The fraction of sp³-hybridized carbons (Fsp3) is 0.200. The van der Waals surface area contributed by atoms with Crippen molar-refractivity contribution in [2.75, 3.05) is 0 Å². The van der Waals surface area contributed by atoms with Crippen LogP contribution in [0.2, 0.25) is 0 Å². The van der Waals surface area contributed by atoms with Crippen LogP contribution in [-0.4, -0.2) is 16.4 Å². The number of benzene rings is 3. The second-order valence-corrected chi connectivity index (χ2v) is 8.60. The lowest BCUT2D eigenvalue weighted by Crippen LogP contribution is -2.32. The predicted molar refractivity (Wildman–Crippen MR) is 108 cm³/mol. The summed E-state index contributed by atoms with van der Waals surface area (Å²) in [5, 5.41) is 0. The number of rotatable bonds is 0. The van der Waals surface area contributed by atoms with E-state index in [9.17, 15) is 9.59 Å². The molecule has 3 aromatic rings. The van der Waals surface area contributed by atoms with Crippen molar-refractivity contribution >= 4 is 23.2 Å². The van der Waals surface area contributed by atoms with Gasteiger partial charge in [0.25, 0.3) is 0 Å². The molecule has 0 heterocycles. The molecule has 0 radical (unpaired) electrons. The molecule has 1 saturated carbocycles. The maximum atomic E-state index is 13.6. The molecular weight excluding hydrogens is 368 g/mol. The van der Waals surface area contributed by atoms with Crippen LogP contribution in [0, 0.1) is 5.92 Å². The Kier molecular flexibility index (Phi) is 3.03. The molecule has 2 atom stereocenters. The van der Waals surface area contributed by atoms with Gasteiger partial charge in [0.1, 0.15) is 4.87 Å². The van der Waals surface area contributed by atoms with Crippen LogP contribution in [0.3, 0.4) is 0 Å². The van der Waals surface area contributed by atoms with Crippen molar-refractivity contribution in [3.8, 4) is 0 Å². The van der Waals surface area contributed by atoms with Gasteiger partial charge in [-0.15, -0.1) is 11.6 Å². The zero-order valence-electron chi connectivity index (χ0n) is 15.1. The molecule has 3 aromatic carbocycles. The van der Waals surface area contributed by atoms with Gasteiger partial charge in [-0.2, -0.15) is 0 Å². The van der Waals surface area contributed by atoms with Gasteiger partial charge in [-0.25, -0.2) is 0 Å². The molecule has 3 aliphatic rings. The summed E-state index contributed by atoms with van der Waals surface area (Å²) in [6.45, 7) is 0. The second-order valence-electron chi connectivity index (χ2n) is 8.01. The van der Waals surface area contributed by atoms with Crippen molar-refractivity contribution in [2.45, 2.75) is 23.1 Å². The molecule has 1 fully saturated rings. The minimum absolute atomic E-state index is 0.0169. The molecule has 0 N–H and O–H groups in total. The van der Waals surface area contributed by atoms with Gasteiger partial charge < -0.3 is 0 Å². The molecule has 3 aliphatic carbocycles. The van der Waals surface area contributed by atoms with Crippen LogP contribution in [0.5, 0.6) is 0 Å². The number of aryl methyl sites for hydroxylation is 2. The van der Waals surface area contributed by atoms with E-state index < -0.39 is 16.2 Å². The van der Waals surface area contributed by atoms with Crippen LogP contribution in [0.25, 0.3) is 0 Å². The van der Waals surface area contributed by atoms with E-state index >= 15 is 0 Å². The first kappa shape index (κ1) is 16.3. The topological polar surface area (TPSA) is 34.1 Å². The van der Waals surface area contributed by atoms with Gasteiger partial charge in [0.15, 0.2) is 11.6 Å². The Morgan fingerprint density at radius 3 is 1.82 bits per heavy atom. The standard InChI is InChI=1S/C25H17ClO2/c26-25-22(21(27)17-9-3-4-10-18(17)23(25)28)24(25)19-11-5-1-7-15(19)13-14-16-8-2-6-12-20(16)24/h1-12,22H,13-14H2/t22-,25-/m1/s1. The number of Topliss-reactive ketones (excluding diaryl/α,β-unsaturated/α-hetero) is 2. The summed E-state index contributed by atoms with van der Waals surface area (Å²) in [6, 6.07) is 23.5. The van der Waals surface area contributed by atoms with Crippen molar-refractivity contribution in [2.24, 2.45) is 5.92 Å². The Labute approximate surface area is 168 Å². The molecule has 0 saturated heterocycles. The minimum Gasteiger partial charge on any atom is -0.294 e. The van der Waals surface area contributed by atoms with Gasteiger partial charge in [0.2, 0.25) is 0 Å². The number of hydrogen-bond donors (Lipinski definition) is 0. The lowest BCUT2D eigenvalue weighted by molar-refractivity contribution is 0.0888. The molecule has 0 aromatic heterocycles. The average Bonchev–Trinajstić information content (AvgIpc) is 3.36. The molecule has 6 rings (SSSR count). The molecule has 1 spiro atoms. The maximum absolute atomic E-state index is 13.6. The number of hydrogen-bond acceptors (Lipinski definition) is 2. The SMILES string of the molecule is O=C1c2ccccc2C(=O)[C@]2(Cl)[C@H]1C21c2ccccc2CCc2ccccc21. The summed E-state index contributed by atoms with van der Waals surface area (Å²) in [5.41, 5.74) is 4.59. The summed E-state index contributed by atoms with van der Waals surface area (Å²) < 4.78 is 0. The quantitative estimate of drug-likeness (QED) is 0.524. The fourth-order valence-corrected chi connectivity index (χ4v) is 6.36. The second kappa shape index (κ2) is 5.21. The normalized spacial score (nSPS) is 26.0. The Hall–Kier alpha value is -2.71. The van der Waals surface area contributed by atoms with Crippen molar-refractivity contribution in [1.29, 1.82) is 0 Å². The molecular formula is C25H17ClO2. The van der Waals surface area contributed by atoms with Crippen LogP contribution in [-0.2, 0) is 18.3 Å². The van der Waals surface area contributed by atoms with Gasteiger partial charge in [0.05, 0.1) is 11.3 Å². The van der Waals surface area contributed by atoms with E-state index in [1.54, 1.807) is 18.2 Å². The number of carbonyl (C=O) groups excluding carboxylic acids is 2. The highest BCUT2D eigenvalue weighted by molar-refractivity contribution is 6.48. The highest BCUT2D eigenvalue weighted by Crippen LogP contribution is 2.75. The highest BCUT2D eigenvalue weighted by atomic mass is 35.5. The van der Waals surface area contributed by atoms with Crippen molar-refractivity contribution in [1.82, 2.24) is 0 Å². The van der Waals surface area contributed by atoms with E-state index in [1.165, 1.54) is 11.1 Å². The monoisotopic (exact) mass is 384 g/mol. The third kappa shape index (κ3) is 1.63. The number of halogens is 1. The molecule has 0 bridgehead atoms. The summed E-state index contributed by atoms with van der Waals surface area (Å²) in [6.07, 6.45) is 1.76. The van der Waals surface area contributed by atoms with E-state index in [1.807, 2.05) is 30.3 Å². The number of ketones is 2. The summed E-state index contributed by atoms with van der Waals surface area (Å²) in [4.78, 5) is 26.0. The first-order valence-electron chi connectivity index (χ1n) is 9.65. The Morgan fingerprint density at radius 2 is 1.21 bits per heavy atom. The summed E-state index contributed by atoms with van der Waals surface area (Å²) in [5.74, 6) is -0.706. The van der Waals surface area contributed by atoms with Gasteiger partial charge in [-0.1, -0.05) is 72.8 Å². The van der Waals surface area contributed by atoms with E-state index in [0.29, 0.717) is 11.1 Å².